The largest absolute Gasteiger partial charge is 0.394 e. The molecule has 1 amide bonds. The Morgan fingerprint density at radius 2 is 2.50 bits per heavy atom. The number of amides is 1. The second-order valence-corrected chi connectivity index (χ2v) is 4.74. The van der Waals surface area contributed by atoms with Crippen molar-refractivity contribution in [3.8, 4) is 0 Å². The quantitative estimate of drug-likeness (QED) is 0.625. The SMILES string of the molecule is O=C(CC1=CSC2=NCCN12)NCCOCCO. The van der Waals surface area contributed by atoms with Crippen molar-refractivity contribution in [1.82, 2.24) is 10.2 Å². The fourth-order valence-electron chi connectivity index (χ4n) is 1.77. The summed E-state index contributed by atoms with van der Waals surface area (Å²) in [6.45, 7) is 2.91. The number of amidine groups is 1. The van der Waals surface area contributed by atoms with Crippen LogP contribution in [0.1, 0.15) is 6.42 Å². The molecule has 2 N–H and O–H groups in total. The first-order chi connectivity index (χ1) is 8.81. The van der Waals surface area contributed by atoms with Crippen molar-refractivity contribution < 1.29 is 14.6 Å². The molecule has 0 unspecified atom stereocenters. The van der Waals surface area contributed by atoms with Crippen molar-refractivity contribution in [2.24, 2.45) is 4.99 Å². The maximum absolute atomic E-state index is 11.7. The number of hydrogen-bond acceptors (Lipinski definition) is 6. The first kappa shape index (κ1) is 13.4. The Labute approximate surface area is 110 Å². The molecular weight excluding hydrogens is 254 g/mol. The summed E-state index contributed by atoms with van der Waals surface area (Å²) in [5, 5.41) is 14.3. The van der Waals surface area contributed by atoms with E-state index in [0.29, 0.717) is 26.2 Å². The smallest absolute Gasteiger partial charge is 0.226 e. The third-order valence-corrected chi connectivity index (χ3v) is 3.54. The van der Waals surface area contributed by atoms with E-state index in [1.165, 1.54) is 0 Å². The summed E-state index contributed by atoms with van der Waals surface area (Å²) in [6, 6.07) is 0. The number of hydrogen-bond donors (Lipinski definition) is 2. The van der Waals surface area contributed by atoms with Gasteiger partial charge in [-0.3, -0.25) is 9.79 Å². The fraction of sp³-hybridized carbons (Fsp3) is 0.636. The van der Waals surface area contributed by atoms with Gasteiger partial charge in [0.05, 0.1) is 32.8 Å². The standard InChI is InChI=1S/C11H17N3O3S/c15-4-6-17-5-2-12-10(16)7-9-8-18-11-13-1-3-14(9)11/h8,15H,1-7H2,(H,12,16). The van der Waals surface area contributed by atoms with Crippen LogP contribution in [-0.2, 0) is 9.53 Å². The van der Waals surface area contributed by atoms with Gasteiger partial charge in [0.15, 0.2) is 5.17 Å². The normalized spacial score (nSPS) is 17.5. The molecule has 0 saturated heterocycles. The number of aliphatic hydroxyl groups is 1. The zero-order valence-electron chi connectivity index (χ0n) is 10.1. The van der Waals surface area contributed by atoms with Crippen LogP contribution >= 0.6 is 11.8 Å². The fourth-order valence-corrected chi connectivity index (χ4v) is 2.73. The lowest BCUT2D eigenvalue weighted by Gasteiger charge is -2.16. The van der Waals surface area contributed by atoms with Crippen molar-refractivity contribution in [3.63, 3.8) is 0 Å². The summed E-state index contributed by atoms with van der Waals surface area (Å²) in [6.07, 6.45) is 0.381. The number of nitrogens with zero attached hydrogens (tertiary/aromatic N) is 2. The van der Waals surface area contributed by atoms with E-state index in [0.717, 1.165) is 24.0 Å². The second-order valence-electron chi connectivity index (χ2n) is 3.91. The van der Waals surface area contributed by atoms with E-state index in [2.05, 4.69) is 15.2 Å². The van der Waals surface area contributed by atoms with Gasteiger partial charge < -0.3 is 20.1 Å². The summed E-state index contributed by atoms with van der Waals surface area (Å²) < 4.78 is 5.06. The minimum atomic E-state index is -0.0115. The maximum atomic E-state index is 11.7. The Bertz CT molecular complexity index is 371. The van der Waals surface area contributed by atoms with Crippen LogP contribution in [0, 0.1) is 0 Å². The molecule has 0 bridgehead atoms. The Hall–Kier alpha value is -1.05. The number of aliphatic hydroxyl groups excluding tert-OH is 1. The van der Waals surface area contributed by atoms with E-state index in [9.17, 15) is 4.79 Å². The highest BCUT2D eigenvalue weighted by molar-refractivity contribution is 8.16. The minimum absolute atomic E-state index is 0.00905. The molecule has 0 aromatic heterocycles. The summed E-state index contributed by atoms with van der Waals surface area (Å²) in [4.78, 5) is 18.1. The van der Waals surface area contributed by atoms with Crippen LogP contribution in [0.5, 0.6) is 0 Å². The number of carbonyl (C=O) groups is 1. The zero-order valence-corrected chi connectivity index (χ0v) is 10.9. The van der Waals surface area contributed by atoms with Crippen LogP contribution in [0.2, 0.25) is 0 Å². The predicted octanol–water partition coefficient (Wildman–Crippen LogP) is -0.239. The molecule has 0 aromatic rings. The van der Waals surface area contributed by atoms with Crippen molar-refractivity contribution in [2.75, 3.05) is 39.5 Å². The number of thioether (sulfide) groups is 1. The van der Waals surface area contributed by atoms with E-state index in [1.54, 1.807) is 11.8 Å². The van der Waals surface area contributed by atoms with Crippen molar-refractivity contribution in [1.29, 1.82) is 0 Å². The van der Waals surface area contributed by atoms with Gasteiger partial charge in [-0.25, -0.2) is 0 Å². The lowest BCUT2D eigenvalue weighted by atomic mass is 10.3. The highest BCUT2D eigenvalue weighted by atomic mass is 32.2. The van der Waals surface area contributed by atoms with Gasteiger partial charge in [0.1, 0.15) is 0 Å². The molecule has 0 spiro atoms. The van der Waals surface area contributed by atoms with E-state index < -0.39 is 0 Å². The molecule has 0 radical (unpaired) electrons. The molecule has 0 atom stereocenters. The molecule has 2 aliphatic heterocycles. The Morgan fingerprint density at radius 1 is 1.61 bits per heavy atom. The van der Waals surface area contributed by atoms with Gasteiger partial charge in [-0.15, -0.1) is 0 Å². The van der Waals surface area contributed by atoms with E-state index in [1.807, 2.05) is 5.41 Å². The molecular formula is C11H17N3O3S. The number of aliphatic imine (C=N–C) groups is 1. The first-order valence-electron chi connectivity index (χ1n) is 5.94. The van der Waals surface area contributed by atoms with Crippen LogP contribution in [0.4, 0.5) is 0 Å². The van der Waals surface area contributed by atoms with Crippen LogP contribution < -0.4 is 5.32 Å². The summed E-state index contributed by atoms with van der Waals surface area (Å²) in [5.74, 6) is -0.0115. The molecule has 6 nitrogen and oxygen atoms in total. The van der Waals surface area contributed by atoms with E-state index in [4.69, 9.17) is 9.84 Å². The first-order valence-corrected chi connectivity index (χ1v) is 6.82. The molecule has 0 aromatic carbocycles. The topological polar surface area (TPSA) is 74.2 Å². The summed E-state index contributed by atoms with van der Waals surface area (Å²) >= 11 is 1.58. The van der Waals surface area contributed by atoms with Crippen LogP contribution in [0.25, 0.3) is 0 Å². The van der Waals surface area contributed by atoms with E-state index >= 15 is 0 Å². The Balaban J connectivity index is 1.64. The third kappa shape index (κ3) is 3.47. The summed E-state index contributed by atoms with van der Waals surface area (Å²) in [5.41, 5.74) is 1.02. The molecule has 100 valence electrons. The molecule has 2 rings (SSSR count). The zero-order chi connectivity index (χ0) is 12.8. The van der Waals surface area contributed by atoms with E-state index in [-0.39, 0.29) is 12.5 Å². The average molecular weight is 271 g/mol. The van der Waals surface area contributed by atoms with Gasteiger partial charge in [-0.2, -0.15) is 0 Å². The minimum Gasteiger partial charge on any atom is -0.394 e. The second kappa shape index (κ2) is 6.77. The van der Waals surface area contributed by atoms with Crippen molar-refractivity contribution >= 4 is 22.8 Å². The number of nitrogens with one attached hydrogen (secondary N) is 1. The van der Waals surface area contributed by atoms with Gasteiger partial charge in [0.25, 0.3) is 0 Å². The maximum Gasteiger partial charge on any atom is 0.226 e. The number of carbonyl (C=O) groups excluding carboxylic acids is 1. The highest BCUT2D eigenvalue weighted by Gasteiger charge is 2.27. The number of fused-ring (bicyclic) bond motifs is 1. The lowest BCUT2D eigenvalue weighted by Crippen LogP contribution is -2.30. The van der Waals surface area contributed by atoms with Gasteiger partial charge in [-0.1, -0.05) is 11.8 Å². The monoisotopic (exact) mass is 271 g/mol. The van der Waals surface area contributed by atoms with Gasteiger partial charge >= 0.3 is 0 Å². The molecule has 0 fully saturated rings. The Morgan fingerprint density at radius 3 is 3.33 bits per heavy atom. The van der Waals surface area contributed by atoms with Crippen molar-refractivity contribution in [3.05, 3.63) is 11.1 Å². The molecule has 7 heteroatoms. The molecule has 2 aliphatic rings. The van der Waals surface area contributed by atoms with Gasteiger partial charge in [0.2, 0.25) is 5.91 Å². The third-order valence-electron chi connectivity index (χ3n) is 2.59. The highest BCUT2D eigenvalue weighted by Crippen LogP contribution is 2.30. The molecule has 18 heavy (non-hydrogen) atoms. The van der Waals surface area contributed by atoms with Crippen LogP contribution in [0.15, 0.2) is 16.1 Å². The predicted molar refractivity (Wildman–Crippen MR) is 70.2 cm³/mol. The molecule has 0 saturated carbocycles. The molecule has 2 heterocycles. The lowest BCUT2D eigenvalue weighted by molar-refractivity contribution is -0.120. The number of rotatable bonds is 7. The Kier molecular flexibility index (Phi) is 5.03. The van der Waals surface area contributed by atoms with Crippen molar-refractivity contribution in [2.45, 2.75) is 6.42 Å². The average Bonchev–Trinajstić information content (AvgIpc) is 2.94. The van der Waals surface area contributed by atoms with Crippen LogP contribution in [0.3, 0.4) is 0 Å². The summed E-state index contributed by atoms with van der Waals surface area (Å²) in [7, 11) is 0. The number of ether oxygens (including phenoxy) is 1. The molecule has 0 aliphatic carbocycles. The van der Waals surface area contributed by atoms with Gasteiger partial charge in [0, 0.05) is 18.8 Å². The van der Waals surface area contributed by atoms with Crippen LogP contribution in [-0.4, -0.2) is 60.5 Å². The van der Waals surface area contributed by atoms with Gasteiger partial charge in [-0.05, 0) is 5.41 Å².